The zero-order valence-electron chi connectivity index (χ0n) is 11.5. The molecular weight excluding hydrogens is 318 g/mol. The highest BCUT2D eigenvalue weighted by Crippen LogP contribution is 2.31. The molecule has 0 fully saturated rings. The maximum atomic E-state index is 5.29. The number of pyridine rings is 1. The van der Waals surface area contributed by atoms with Crippen LogP contribution >= 0.6 is 15.9 Å². The van der Waals surface area contributed by atoms with Gasteiger partial charge in [-0.15, -0.1) is 0 Å². The van der Waals surface area contributed by atoms with E-state index in [1.165, 1.54) is 0 Å². The largest absolute Gasteiger partial charge is 0.479 e. The molecule has 3 rings (SSSR count). The van der Waals surface area contributed by atoms with Crippen LogP contribution in [0.25, 0.3) is 22.4 Å². The molecule has 3 aromatic rings. The highest BCUT2D eigenvalue weighted by molar-refractivity contribution is 9.10. The van der Waals surface area contributed by atoms with Crippen molar-refractivity contribution in [2.24, 2.45) is 7.05 Å². The van der Waals surface area contributed by atoms with E-state index >= 15 is 0 Å². The Bertz CT molecular complexity index is 795. The van der Waals surface area contributed by atoms with Crippen LogP contribution in [0, 0.1) is 6.92 Å². The maximum Gasteiger partial charge on any atom is 0.241 e. The Morgan fingerprint density at radius 1 is 1.25 bits per heavy atom. The second-order valence-corrected chi connectivity index (χ2v) is 5.45. The molecular formula is C15H14BrN3O. The summed E-state index contributed by atoms with van der Waals surface area (Å²) in [5, 5.41) is 0. The van der Waals surface area contributed by atoms with Crippen LogP contribution in [0.2, 0.25) is 0 Å². The molecule has 5 heteroatoms. The topological polar surface area (TPSA) is 39.9 Å². The average Bonchev–Trinajstić information content (AvgIpc) is 2.79. The molecule has 1 aromatic carbocycles. The molecule has 0 aliphatic carbocycles. The lowest BCUT2D eigenvalue weighted by Gasteiger charge is -2.07. The number of methoxy groups -OCH3 is 1. The Hall–Kier alpha value is -1.88. The summed E-state index contributed by atoms with van der Waals surface area (Å²) in [6.07, 6.45) is 1.74. The molecule has 0 atom stereocenters. The number of halogens is 1. The smallest absolute Gasteiger partial charge is 0.241 e. The van der Waals surface area contributed by atoms with Gasteiger partial charge in [0, 0.05) is 23.3 Å². The van der Waals surface area contributed by atoms with Crippen LogP contribution in [0.5, 0.6) is 5.88 Å². The number of nitrogens with zero attached hydrogens (tertiary/aromatic N) is 3. The van der Waals surface area contributed by atoms with Gasteiger partial charge < -0.3 is 9.30 Å². The van der Waals surface area contributed by atoms with Crippen molar-refractivity contribution in [2.75, 3.05) is 7.11 Å². The van der Waals surface area contributed by atoms with Gasteiger partial charge in [0.25, 0.3) is 0 Å². The molecule has 0 aliphatic rings. The van der Waals surface area contributed by atoms with Gasteiger partial charge in [-0.1, -0.05) is 28.1 Å². The van der Waals surface area contributed by atoms with E-state index in [9.17, 15) is 0 Å². The van der Waals surface area contributed by atoms with Gasteiger partial charge in [-0.2, -0.15) is 0 Å². The number of hydrogen-bond donors (Lipinski definition) is 0. The van der Waals surface area contributed by atoms with E-state index in [2.05, 4.69) is 38.5 Å². The lowest BCUT2D eigenvalue weighted by molar-refractivity contribution is 0.402. The van der Waals surface area contributed by atoms with E-state index in [-0.39, 0.29) is 0 Å². The van der Waals surface area contributed by atoms with Crippen LogP contribution in [0.15, 0.2) is 34.9 Å². The van der Waals surface area contributed by atoms with Crippen molar-refractivity contribution in [3.05, 3.63) is 40.5 Å². The summed E-state index contributed by atoms with van der Waals surface area (Å²) in [5.74, 6) is 1.46. The molecule has 2 aromatic heterocycles. The van der Waals surface area contributed by atoms with Crippen molar-refractivity contribution in [3.63, 3.8) is 0 Å². The summed E-state index contributed by atoms with van der Waals surface area (Å²) in [6, 6.07) is 8.06. The van der Waals surface area contributed by atoms with E-state index in [1.54, 1.807) is 13.3 Å². The Labute approximate surface area is 125 Å². The fourth-order valence-electron chi connectivity index (χ4n) is 2.34. The van der Waals surface area contributed by atoms with Crippen LogP contribution in [0.1, 0.15) is 5.56 Å². The fraction of sp³-hybridized carbons (Fsp3) is 0.200. The third kappa shape index (κ3) is 1.89. The van der Waals surface area contributed by atoms with Gasteiger partial charge in [0.1, 0.15) is 5.82 Å². The first-order valence-corrected chi connectivity index (χ1v) is 7.03. The molecule has 0 radical (unpaired) electrons. The third-order valence-corrected chi connectivity index (χ3v) is 4.33. The van der Waals surface area contributed by atoms with E-state index in [0.29, 0.717) is 5.88 Å². The Morgan fingerprint density at radius 2 is 2.05 bits per heavy atom. The van der Waals surface area contributed by atoms with Crippen molar-refractivity contribution in [3.8, 4) is 17.3 Å². The molecule has 4 nitrogen and oxygen atoms in total. The second-order valence-electron chi connectivity index (χ2n) is 4.59. The number of hydrogen-bond acceptors (Lipinski definition) is 3. The van der Waals surface area contributed by atoms with Gasteiger partial charge >= 0.3 is 0 Å². The molecule has 20 heavy (non-hydrogen) atoms. The minimum atomic E-state index is 0.553. The fourth-order valence-corrected chi connectivity index (χ4v) is 2.70. The SMILES string of the molecule is COc1nccc2c1nc(-c1cccc(Br)c1C)n2C. The van der Waals surface area contributed by atoms with Gasteiger partial charge in [-0.05, 0) is 24.6 Å². The molecule has 0 amide bonds. The summed E-state index contributed by atoms with van der Waals surface area (Å²) in [5.41, 5.74) is 4.05. The monoisotopic (exact) mass is 331 g/mol. The molecule has 0 saturated carbocycles. The lowest BCUT2D eigenvalue weighted by atomic mass is 10.1. The van der Waals surface area contributed by atoms with Gasteiger partial charge in [0.05, 0.1) is 12.6 Å². The van der Waals surface area contributed by atoms with E-state index in [1.807, 2.05) is 25.2 Å². The number of fused-ring (bicyclic) bond motifs is 1. The Kier molecular flexibility index (Phi) is 3.22. The summed E-state index contributed by atoms with van der Waals surface area (Å²) in [6.45, 7) is 2.08. The molecule has 0 N–H and O–H groups in total. The molecule has 0 aliphatic heterocycles. The third-order valence-electron chi connectivity index (χ3n) is 3.47. The van der Waals surface area contributed by atoms with Gasteiger partial charge in [0.15, 0.2) is 5.52 Å². The summed E-state index contributed by atoms with van der Waals surface area (Å²) >= 11 is 3.57. The summed E-state index contributed by atoms with van der Waals surface area (Å²) in [4.78, 5) is 8.92. The lowest BCUT2D eigenvalue weighted by Crippen LogP contribution is -1.94. The Morgan fingerprint density at radius 3 is 2.80 bits per heavy atom. The van der Waals surface area contributed by atoms with E-state index in [0.717, 1.165) is 32.5 Å². The van der Waals surface area contributed by atoms with E-state index in [4.69, 9.17) is 9.72 Å². The predicted molar refractivity (Wildman–Crippen MR) is 82.9 cm³/mol. The van der Waals surface area contributed by atoms with Crippen LogP contribution < -0.4 is 4.74 Å². The summed E-state index contributed by atoms with van der Waals surface area (Å²) < 4.78 is 8.43. The first kappa shape index (κ1) is 13.1. The highest BCUT2D eigenvalue weighted by Gasteiger charge is 2.15. The zero-order valence-corrected chi connectivity index (χ0v) is 13.1. The number of benzene rings is 1. The minimum Gasteiger partial charge on any atom is -0.479 e. The number of rotatable bonds is 2. The molecule has 0 bridgehead atoms. The van der Waals surface area contributed by atoms with Gasteiger partial charge in [0.2, 0.25) is 5.88 Å². The number of aryl methyl sites for hydroxylation is 1. The van der Waals surface area contributed by atoms with Crippen LogP contribution in [0.3, 0.4) is 0 Å². The van der Waals surface area contributed by atoms with Crippen LogP contribution in [-0.4, -0.2) is 21.6 Å². The quantitative estimate of drug-likeness (QED) is 0.718. The Balaban J connectivity index is 2.32. The van der Waals surface area contributed by atoms with Gasteiger partial charge in [-0.3, -0.25) is 0 Å². The van der Waals surface area contributed by atoms with Crippen molar-refractivity contribution >= 4 is 27.0 Å². The molecule has 102 valence electrons. The van der Waals surface area contributed by atoms with Crippen molar-refractivity contribution in [1.29, 1.82) is 0 Å². The number of aromatic nitrogens is 3. The van der Waals surface area contributed by atoms with E-state index < -0.39 is 0 Å². The number of imidazole rings is 1. The normalized spacial score (nSPS) is 11.0. The molecule has 0 saturated heterocycles. The van der Waals surface area contributed by atoms with Crippen molar-refractivity contribution in [2.45, 2.75) is 6.92 Å². The minimum absolute atomic E-state index is 0.553. The van der Waals surface area contributed by atoms with Crippen LogP contribution in [0.4, 0.5) is 0 Å². The van der Waals surface area contributed by atoms with Crippen molar-refractivity contribution < 1.29 is 4.74 Å². The highest BCUT2D eigenvalue weighted by atomic mass is 79.9. The molecule has 0 unspecified atom stereocenters. The standard InChI is InChI=1S/C15H14BrN3O/c1-9-10(5-4-6-11(9)16)14-18-13-12(19(14)2)7-8-17-15(13)20-3/h4-8H,1-3H3. The van der Waals surface area contributed by atoms with Gasteiger partial charge in [-0.25, -0.2) is 9.97 Å². The molecule has 0 spiro atoms. The maximum absolute atomic E-state index is 5.29. The summed E-state index contributed by atoms with van der Waals surface area (Å²) in [7, 11) is 3.62. The second kappa shape index (κ2) is 4.90. The molecule has 2 heterocycles. The average molecular weight is 332 g/mol. The zero-order chi connectivity index (χ0) is 14.3. The predicted octanol–water partition coefficient (Wildman–Crippen LogP) is 3.71. The number of ether oxygens (including phenoxy) is 1. The van der Waals surface area contributed by atoms with Crippen molar-refractivity contribution in [1.82, 2.24) is 14.5 Å². The first-order valence-electron chi connectivity index (χ1n) is 6.24. The van der Waals surface area contributed by atoms with Crippen LogP contribution in [-0.2, 0) is 7.05 Å². The first-order chi connectivity index (χ1) is 9.63.